The van der Waals surface area contributed by atoms with Gasteiger partial charge >= 0.3 is 11.9 Å². The van der Waals surface area contributed by atoms with Crippen molar-refractivity contribution in [1.29, 1.82) is 0 Å². The van der Waals surface area contributed by atoms with Crippen LogP contribution in [0, 0.1) is 5.41 Å². The van der Waals surface area contributed by atoms with Crippen LogP contribution in [-0.2, 0) is 16.0 Å². The third-order valence-corrected chi connectivity index (χ3v) is 7.11. The normalized spacial score (nSPS) is 16.5. The minimum absolute atomic E-state index is 0.137. The van der Waals surface area contributed by atoms with Crippen molar-refractivity contribution in [2.24, 2.45) is 10.6 Å². The van der Waals surface area contributed by atoms with Crippen molar-refractivity contribution in [1.82, 2.24) is 0 Å². The Morgan fingerprint density at radius 3 is 2.57 bits per heavy atom. The maximum Gasteiger partial charge on any atom is 0.367 e. The number of esters is 1. The van der Waals surface area contributed by atoms with Gasteiger partial charge in [-0.1, -0.05) is 42.7 Å². The Kier molecular flexibility index (Phi) is 6.17. The van der Waals surface area contributed by atoms with Gasteiger partial charge in [0.2, 0.25) is 0 Å². The van der Waals surface area contributed by atoms with E-state index in [1.54, 1.807) is 24.3 Å². The molecule has 28 heavy (non-hydrogen) atoms. The van der Waals surface area contributed by atoms with Gasteiger partial charge < -0.3 is 9.57 Å². The van der Waals surface area contributed by atoms with Crippen molar-refractivity contribution in [2.75, 3.05) is 13.4 Å². The molecule has 0 aliphatic heterocycles. The van der Waals surface area contributed by atoms with Crippen LogP contribution >= 0.6 is 34.7 Å². The maximum absolute atomic E-state index is 12.4. The zero-order valence-electron chi connectivity index (χ0n) is 16.0. The summed E-state index contributed by atoms with van der Waals surface area (Å²) in [6, 6.07) is 6.67. The number of nitrogens with zero attached hydrogens (tertiary/aromatic N) is 1. The molecule has 0 radical (unpaired) electrons. The Hall–Kier alpha value is -1.83. The van der Waals surface area contributed by atoms with E-state index in [1.807, 2.05) is 6.26 Å². The van der Waals surface area contributed by atoms with Crippen LogP contribution < -0.4 is 0 Å². The molecule has 1 aliphatic rings. The van der Waals surface area contributed by atoms with Crippen molar-refractivity contribution in [3.05, 3.63) is 50.9 Å². The molecule has 0 N–H and O–H groups in total. The minimum Gasteiger partial charge on any atom is -0.465 e. The summed E-state index contributed by atoms with van der Waals surface area (Å²) in [5.41, 5.74) is 2.56. The summed E-state index contributed by atoms with van der Waals surface area (Å²) in [6.07, 6.45) is 3.29. The number of thioether (sulfide) groups is 1. The number of oxime groups is 1. The molecule has 0 amide bonds. The van der Waals surface area contributed by atoms with Gasteiger partial charge in [-0.05, 0) is 42.2 Å². The second-order valence-electron chi connectivity index (χ2n) is 7.18. The largest absolute Gasteiger partial charge is 0.465 e. The summed E-state index contributed by atoms with van der Waals surface area (Å²) in [5.74, 6) is -0.969. The fraction of sp³-hybridized carbons (Fsp3) is 0.350. The lowest BCUT2D eigenvalue weighted by molar-refractivity contribution is 0.0512. The standard InChI is InChI=1S/C20H20ClNO4S2/c1-20(2)9-12-15(19(27-4)28-16(12)18(24)25-3)14(10-20)22-26-17(23)11-7-5-6-8-13(11)21/h5-8H,9-10H2,1-4H3/b22-14-. The minimum atomic E-state index is -0.614. The quantitative estimate of drug-likeness (QED) is 0.275. The molecule has 0 atom stereocenters. The molecule has 0 saturated carbocycles. The van der Waals surface area contributed by atoms with Crippen LogP contribution in [0.4, 0.5) is 0 Å². The van der Waals surface area contributed by atoms with E-state index in [0.29, 0.717) is 22.0 Å². The Bertz CT molecular complexity index is 965. The summed E-state index contributed by atoms with van der Waals surface area (Å²) < 4.78 is 5.91. The average molecular weight is 438 g/mol. The number of halogens is 1. The predicted molar refractivity (Wildman–Crippen MR) is 113 cm³/mol. The van der Waals surface area contributed by atoms with Crippen molar-refractivity contribution >= 4 is 52.3 Å². The molecule has 1 aliphatic carbocycles. The highest BCUT2D eigenvalue weighted by Gasteiger charge is 2.37. The fourth-order valence-electron chi connectivity index (χ4n) is 3.24. The number of benzene rings is 1. The number of carbonyl (C=O) groups is 2. The van der Waals surface area contributed by atoms with Crippen LogP contribution in [0.1, 0.15) is 51.4 Å². The van der Waals surface area contributed by atoms with Crippen molar-refractivity contribution in [3.8, 4) is 0 Å². The molecule has 0 saturated heterocycles. The zero-order chi connectivity index (χ0) is 20.5. The number of fused-ring (bicyclic) bond motifs is 1. The highest BCUT2D eigenvalue weighted by Crippen LogP contribution is 2.45. The molecule has 1 aromatic heterocycles. The number of carbonyl (C=O) groups excluding carboxylic acids is 2. The molecular weight excluding hydrogens is 418 g/mol. The SMILES string of the molecule is COC(=O)c1sc(SC)c2c1CC(C)(C)C/C2=N/OC(=O)c1ccccc1Cl. The smallest absolute Gasteiger partial charge is 0.367 e. The Balaban J connectivity index is 2.02. The summed E-state index contributed by atoms with van der Waals surface area (Å²) >= 11 is 9.00. The zero-order valence-corrected chi connectivity index (χ0v) is 18.4. The molecule has 8 heteroatoms. The lowest BCUT2D eigenvalue weighted by Gasteiger charge is -2.31. The third kappa shape index (κ3) is 4.11. The molecule has 0 spiro atoms. The molecule has 0 bridgehead atoms. The van der Waals surface area contributed by atoms with Gasteiger partial charge in [-0.2, -0.15) is 0 Å². The van der Waals surface area contributed by atoms with Crippen molar-refractivity contribution < 1.29 is 19.2 Å². The van der Waals surface area contributed by atoms with Gasteiger partial charge in [0.25, 0.3) is 0 Å². The Labute approximate surface area is 177 Å². The molecule has 148 valence electrons. The summed E-state index contributed by atoms with van der Waals surface area (Å²) in [5, 5.41) is 4.51. The second kappa shape index (κ2) is 8.27. The average Bonchev–Trinajstić information content (AvgIpc) is 3.02. The number of ether oxygens (including phenoxy) is 1. The first-order valence-corrected chi connectivity index (χ1v) is 11.0. The van der Waals surface area contributed by atoms with E-state index in [4.69, 9.17) is 21.2 Å². The van der Waals surface area contributed by atoms with Gasteiger partial charge in [0.1, 0.15) is 4.88 Å². The molecule has 1 heterocycles. The van der Waals surface area contributed by atoms with Gasteiger partial charge in [0.15, 0.2) is 0 Å². The third-order valence-electron chi connectivity index (χ3n) is 4.45. The van der Waals surface area contributed by atoms with E-state index in [-0.39, 0.29) is 16.9 Å². The fourth-order valence-corrected chi connectivity index (χ4v) is 5.47. The molecule has 0 fully saturated rings. The van der Waals surface area contributed by atoms with Crippen LogP contribution in [0.3, 0.4) is 0 Å². The first-order valence-electron chi connectivity index (χ1n) is 8.58. The number of hydrogen-bond acceptors (Lipinski definition) is 7. The van der Waals surface area contributed by atoms with E-state index in [9.17, 15) is 9.59 Å². The molecule has 1 aromatic carbocycles. The van der Waals surface area contributed by atoms with Crippen LogP contribution in [0.15, 0.2) is 33.6 Å². The van der Waals surface area contributed by atoms with Crippen LogP contribution in [0.5, 0.6) is 0 Å². The highest BCUT2D eigenvalue weighted by atomic mass is 35.5. The molecule has 5 nitrogen and oxygen atoms in total. The number of thiophene rings is 1. The number of hydrogen-bond donors (Lipinski definition) is 0. The predicted octanol–water partition coefficient (Wildman–Crippen LogP) is 5.44. The number of methoxy groups -OCH3 is 1. The van der Waals surface area contributed by atoms with E-state index >= 15 is 0 Å². The van der Waals surface area contributed by atoms with E-state index < -0.39 is 5.97 Å². The van der Waals surface area contributed by atoms with E-state index in [2.05, 4.69) is 19.0 Å². The lowest BCUT2D eigenvalue weighted by atomic mass is 9.74. The van der Waals surface area contributed by atoms with Gasteiger partial charge in [-0.25, -0.2) is 9.59 Å². The van der Waals surface area contributed by atoms with Crippen molar-refractivity contribution in [2.45, 2.75) is 30.9 Å². The maximum atomic E-state index is 12.4. The first-order chi connectivity index (χ1) is 13.3. The van der Waals surface area contributed by atoms with Gasteiger partial charge in [0.05, 0.1) is 27.6 Å². The van der Waals surface area contributed by atoms with Gasteiger partial charge in [0, 0.05) is 5.56 Å². The van der Waals surface area contributed by atoms with E-state index in [0.717, 1.165) is 21.8 Å². The van der Waals surface area contributed by atoms with Crippen LogP contribution in [0.2, 0.25) is 5.02 Å². The Morgan fingerprint density at radius 1 is 1.21 bits per heavy atom. The van der Waals surface area contributed by atoms with Gasteiger partial charge in [-0.3, -0.25) is 0 Å². The lowest BCUT2D eigenvalue weighted by Crippen LogP contribution is -2.28. The molecule has 3 rings (SSSR count). The van der Waals surface area contributed by atoms with Gasteiger partial charge in [-0.15, -0.1) is 23.1 Å². The second-order valence-corrected chi connectivity index (χ2v) is 9.68. The van der Waals surface area contributed by atoms with Crippen molar-refractivity contribution in [3.63, 3.8) is 0 Å². The molecule has 2 aromatic rings. The van der Waals surface area contributed by atoms with Crippen LogP contribution in [-0.4, -0.2) is 31.0 Å². The Morgan fingerprint density at radius 2 is 1.93 bits per heavy atom. The topological polar surface area (TPSA) is 65.0 Å². The molecular formula is C20H20ClNO4S2. The first kappa shape index (κ1) is 20.9. The molecule has 0 unspecified atom stereocenters. The number of rotatable bonds is 4. The summed E-state index contributed by atoms with van der Waals surface area (Å²) in [4.78, 5) is 30.5. The summed E-state index contributed by atoms with van der Waals surface area (Å²) in [6.45, 7) is 4.19. The van der Waals surface area contributed by atoms with E-state index in [1.165, 1.54) is 30.2 Å². The van der Waals surface area contributed by atoms with Crippen LogP contribution in [0.25, 0.3) is 0 Å². The summed E-state index contributed by atoms with van der Waals surface area (Å²) in [7, 11) is 1.38. The monoisotopic (exact) mass is 437 g/mol. The highest BCUT2D eigenvalue weighted by molar-refractivity contribution is 8.00.